The second kappa shape index (κ2) is 16.1. The van der Waals surface area contributed by atoms with Crippen molar-refractivity contribution in [1.82, 2.24) is 5.32 Å². The Hall–Kier alpha value is -5.15. The number of esters is 4. The Bertz CT molecular complexity index is 1410. The zero-order valence-corrected chi connectivity index (χ0v) is 24.0. The summed E-state index contributed by atoms with van der Waals surface area (Å²) in [7, 11) is 0. The molecule has 0 aliphatic heterocycles. The molecule has 240 valence electrons. The summed E-state index contributed by atoms with van der Waals surface area (Å²) < 4.78 is 14.8. The number of fused-ring (bicyclic) bond motifs is 3. The van der Waals surface area contributed by atoms with E-state index in [4.69, 9.17) is 31.2 Å². The minimum atomic E-state index is -1.61. The van der Waals surface area contributed by atoms with E-state index in [0.29, 0.717) is 0 Å². The van der Waals surface area contributed by atoms with Gasteiger partial charge in [-0.15, -0.1) is 0 Å². The molecule has 2 aromatic rings. The number of nitrogens with one attached hydrogen (secondary N) is 1. The van der Waals surface area contributed by atoms with Gasteiger partial charge in [0.15, 0.2) is 0 Å². The number of ether oxygens (including phenoxy) is 3. The van der Waals surface area contributed by atoms with Gasteiger partial charge in [-0.25, -0.2) is 9.59 Å². The molecular weight excluding hydrogens is 594 g/mol. The van der Waals surface area contributed by atoms with Gasteiger partial charge in [-0.05, 0) is 41.5 Å². The molecule has 3 rings (SSSR count). The summed E-state index contributed by atoms with van der Waals surface area (Å²) >= 11 is 0. The van der Waals surface area contributed by atoms with Crippen LogP contribution in [0.15, 0.2) is 48.5 Å². The van der Waals surface area contributed by atoms with Gasteiger partial charge in [-0.1, -0.05) is 48.5 Å². The van der Waals surface area contributed by atoms with Crippen LogP contribution in [-0.2, 0) is 43.0 Å². The van der Waals surface area contributed by atoms with Crippen molar-refractivity contribution in [3.8, 4) is 11.1 Å². The fourth-order valence-electron chi connectivity index (χ4n) is 4.55. The second-order valence-electron chi connectivity index (χ2n) is 10.2. The molecule has 1 aliphatic carbocycles. The monoisotopic (exact) mass is 627 g/mol. The number of carbonyl (C=O) groups is 7. The van der Waals surface area contributed by atoms with Crippen LogP contribution in [0.2, 0.25) is 0 Å². The SMILES string of the molecule is N[C@@H](CCC(=O)OC(=O)CC[C@H](NC(=O)OCC1c2ccccc2-c2ccccc21)C(=O)OC(=O)CC[C@H](N)C(=O)O)C(=O)O. The zero-order chi connectivity index (χ0) is 33.1. The number of alkyl carbamates (subject to hydrolysis) is 1. The van der Waals surface area contributed by atoms with Crippen molar-refractivity contribution in [1.29, 1.82) is 0 Å². The highest BCUT2D eigenvalue weighted by atomic mass is 16.6. The normalized spacial score (nSPS) is 13.7. The van der Waals surface area contributed by atoms with E-state index >= 15 is 0 Å². The maximum atomic E-state index is 12.8. The summed E-state index contributed by atoms with van der Waals surface area (Å²) in [5.41, 5.74) is 14.5. The number of rotatable bonds is 15. The van der Waals surface area contributed by atoms with Crippen LogP contribution in [0.4, 0.5) is 4.79 Å². The van der Waals surface area contributed by atoms with Crippen LogP contribution in [0.25, 0.3) is 11.1 Å². The van der Waals surface area contributed by atoms with Gasteiger partial charge in [-0.2, -0.15) is 0 Å². The second-order valence-corrected chi connectivity index (χ2v) is 10.2. The first kappa shape index (κ1) is 34.3. The molecule has 0 heterocycles. The summed E-state index contributed by atoms with van der Waals surface area (Å²) in [5.74, 6) is -7.55. The lowest BCUT2D eigenvalue weighted by Crippen LogP contribution is -2.43. The van der Waals surface area contributed by atoms with Gasteiger partial charge >= 0.3 is 41.9 Å². The number of carboxylic acid groups (broad SMARTS) is 2. The van der Waals surface area contributed by atoms with E-state index in [1.807, 2.05) is 48.5 Å². The first-order chi connectivity index (χ1) is 21.4. The van der Waals surface area contributed by atoms with Crippen molar-refractivity contribution in [2.75, 3.05) is 6.61 Å². The number of nitrogens with two attached hydrogens (primary N) is 2. The average molecular weight is 628 g/mol. The van der Waals surface area contributed by atoms with E-state index in [2.05, 4.69) is 10.1 Å². The lowest BCUT2D eigenvalue weighted by molar-refractivity contribution is -0.161. The Labute approximate surface area is 256 Å². The maximum Gasteiger partial charge on any atom is 0.407 e. The molecule has 0 fully saturated rings. The molecule has 2 aromatic carbocycles. The minimum absolute atomic E-state index is 0.108. The van der Waals surface area contributed by atoms with Crippen molar-refractivity contribution in [3.63, 3.8) is 0 Å². The molecule has 0 aromatic heterocycles. The standard InChI is InChI=1S/C30H33N3O12/c31-21(27(37)38)9-12-24(34)44-25(35)14-11-23(29(41)45-26(36)13-10-22(32)28(39)40)33-30(42)43-15-20-18-7-3-1-5-16(18)17-6-2-4-8-19(17)20/h1-8,20-23H,9-15,31-32H2,(H,33,42)(H,37,38)(H,39,40)/t21-,22-,23-/m0/s1. The highest BCUT2D eigenvalue weighted by Gasteiger charge is 2.31. The fraction of sp³-hybridized carbons (Fsp3) is 0.367. The number of amides is 1. The lowest BCUT2D eigenvalue weighted by atomic mass is 9.98. The van der Waals surface area contributed by atoms with Gasteiger partial charge in [0, 0.05) is 25.2 Å². The highest BCUT2D eigenvalue weighted by Crippen LogP contribution is 2.44. The molecular formula is C30H33N3O12. The van der Waals surface area contributed by atoms with Gasteiger partial charge in [-0.3, -0.25) is 24.0 Å². The fourth-order valence-corrected chi connectivity index (χ4v) is 4.55. The highest BCUT2D eigenvalue weighted by molar-refractivity contribution is 5.91. The number of carboxylic acids is 2. The third kappa shape index (κ3) is 9.94. The summed E-state index contributed by atoms with van der Waals surface area (Å²) in [5, 5.41) is 19.9. The van der Waals surface area contributed by atoms with Gasteiger partial charge < -0.3 is 41.2 Å². The predicted molar refractivity (Wildman–Crippen MR) is 153 cm³/mol. The van der Waals surface area contributed by atoms with E-state index in [1.165, 1.54) is 0 Å². The first-order valence-electron chi connectivity index (χ1n) is 13.9. The van der Waals surface area contributed by atoms with Crippen LogP contribution in [0.5, 0.6) is 0 Å². The van der Waals surface area contributed by atoms with E-state index in [9.17, 15) is 33.6 Å². The number of carbonyl (C=O) groups excluding carboxylic acids is 5. The number of aliphatic carboxylic acids is 2. The Morgan fingerprint density at radius 2 is 1.13 bits per heavy atom. The Morgan fingerprint density at radius 1 is 0.689 bits per heavy atom. The molecule has 0 radical (unpaired) electrons. The van der Waals surface area contributed by atoms with Crippen LogP contribution in [0.1, 0.15) is 55.6 Å². The Kier molecular flexibility index (Phi) is 12.3. The van der Waals surface area contributed by atoms with Crippen LogP contribution in [0.3, 0.4) is 0 Å². The van der Waals surface area contributed by atoms with E-state index in [-0.39, 0.29) is 25.4 Å². The summed E-state index contributed by atoms with van der Waals surface area (Å²) in [6.07, 6.45) is -3.74. The van der Waals surface area contributed by atoms with E-state index in [0.717, 1.165) is 22.3 Å². The molecule has 15 nitrogen and oxygen atoms in total. The molecule has 3 atom stereocenters. The number of benzene rings is 2. The summed E-state index contributed by atoms with van der Waals surface area (Å²) in [6.45, 7) is -0.108. The van der Waals surface area contributed by atoms with Crippen molar-refractivity contribution in [3.05, 3.63) is 59.7 Å². The van der Waals surface area contributed by atoms with Crippen LogP contribution < -0.4 is 16.8 Å². The molecule has 1 aliphatic rings. The molecule has 0 saturated heterocycles. The van der Waals surface area contributed by atoms with Gasteiger partial charge in [0.2, 0.25) is 0 Å². The molecule has 45 heavy (non-hydrogen) atoms. The zero-order valence-electron chi connectivity index (χ0n) is 24.0. The average Bonchev–Trinajstić information content (AvgIpc) is 3.32. The molecule has 1 amide bonds. The molecule has 15 heteroatoms. The molecule has 0 saturated carbocycles. The van der Waals surface area contributed by atoms with E-state index in [1.54, 1.807) is 0 Å². The smallest absolute Gasteiger partial charge is 0.407 e. The molecule has 0 unspecified atom stereocenters. The topological polar surface area (TPSA) is 252 Å². The Balaban J connectivity index is 1.62. The Morgan fingerprint density at radius 3 is 1.62 bits per heavy atom. The molecule has 0 bridgehead atoms. The van der Waals surface area contributed by atoms with Crippen molar-refractivity contribution in [2.45, 2.75) is 62.6 Å². The third-order valence-corrected chi connectivity index (χ3v) is 6.95. The quantitative estimate of drug-likeness (QED) is 0.106. The van der Waals surface area contributed by atoms with Crippen molar-refractivity contribution in [2.24, 2.45) is 11.5 Å². The van der Waals surface area contributed by atoms with Gasteiger partial charge in [0.05, 0.1) is 0 Å². The third-order valence-electron chi connectivity index (χ3n) is 6.95. The van der Waals surface area contributed by atoms with Crippen molar-refractivity contribution >= 4 is 41.9 Å². The number of hydrogen-bond acceptors (Lipinski definition) is 12. The van der Waals surface area contributed by atoms with Crippen LogP contribution in [-0.4, -0.2) is 76.9 Å². The summed E-state index contributed by atoms with van der Waals surface area (Å²) in [6, 6.07) is 10.9. The van der Waals surface area contributed by atoms with Gasteiger partial charge in [0.25, 0.3) is 0 Å². The van der Waals surface area contributed by atoms with Crippen molar-refractivity contribution < 1.29 is 58.0 Å². The minimum Gasteiger partial charge on any atom is -0.480 e. The van der Waals surface area contributed by atoms with E-state index < -0.39 is 85.7 Å². The van der Waals surface area contributed by atoms with Crippen LogP contribution in [0, 0.1) is 0 Å². The maximum absolute atomic E-state index is 12.8. The lowest BCUT2D eigenvalue weighted by Gasteiger charge is -2.18. The van der Waals surface area contributed by atoms with Gasteiger partial charge in [0.1, 0.15) is 24.7 Å². The molecule has 0 spiro atoms. The largest absolute Gasteiger partial charge is 0.480 e. The summed E-state index contributed by atoms with van der Waals surface area (Å²) in [4.78, 5) is 83.5. The predicted octanol–water partition coefficient (Wildman–Crippen LogP) is 1.20. The van der Waals surface area contributed by atoms with Crippen LogP contribution >= 0.6 is 0 Å². The first-order valence-corrected chi connectivity index (χ1v) is 13.9. The number of hydrogen-bond donors (Lipinski definition) is 5. The molecule has 7 N–H and O–H groups in total.